The van der Waals surface area contributed by atoms with Crippen LogP contribution in [0.5, 0.6) is 5.75 Å². The van der Waals surface area contributed by atoms with E-state index in [1.807, 2.05) is 42.2 Å². The zero-order valence-corrected chi connectivity index (χ0v) is 14.7. The first-order valence-corrected chi connectivity index (χ1v) is 8.72. The Bertz CT molecular complexity index is 706. The van der Waals surface area contributed by atoms with Gasteiger partial charge in [0.25, 0.3) is 5.91 Å². The van der Waals surface area contributed by atoms with E-state index in [2.05, 4.69) is 32.0 Å². The summed E-state index contributed by atoms with van der Waals surface area (Å²) in [5.41, 5.74) is 3.54. The van der Waals surface area contributed by atoms with E-state index in [1.54, 1.807) is 0 Å². The molecule has 0 unspecified atom stereocenters. The summed E-state index contributed by atoms with van der Waals surface area (Å²) in [4.78, 5) is 14.7. The number of amides is 1. The maximum atomic E-state index is 12.8. The Labute approximate surface area is 144 Å². The van der Waals surface area contributed by atoms with E-state index in [1.165, 1.54) is 11.1 Å². The van der Waals surface area contributed by atoms with E-state index in [0.29, 0.717) is 5.92 Å². The standard InChI is InChI=1S/C21H25NO2/c1-15(2)17-10-12-19(13-11-17)24-16(3)21(23)22-14-6-8-18-7-4-5-9-20(18)22/h4-5,7,9-13,15-16H,6,8,14H2,1-3H3/t16-/m0/s1. The summed E-state index contributed by atoms with van der Waals surface area (Å²) in [6.45, 7) is 6.91. The molecular weight excluding hydrogens is 298 g/mol. The summed E-state index contributed by atoms with van der Waals surface area (Å²) in [5.74, 6) is 1.25. The fourth-order valence-corrected chi connectivity index (χ4v) is 3.17. The van der Waals surface area contributed by atoms with E-state index in [4.69, 9.17) is 4.74 Å². The lowest BCUT2D eigenvalue weighted by Crippen LogP contribution is -2.43. The molecule has 0 spiro atoms. The van der Waals surface area contributed by atoms with E-state index in [9.17, 15) is 4.79 Å². The first kappa shape index (κ1) is 16.6. The van der Waals surface area contributed by atoms with Crippen molar-refractivity contribution in [2.75, 3.05) is 11.4 Å². The molecule has 1 atom stereocenters. The summed E-state index contributed by atoms with van der Waals surface area (Å²) in [6.07, 6.45) is 1.53. The number of fused-ring (bicyclic) bond motifs is 1. The highest BCUT2D eigenvalue weighted by molar-refractivity contribution is 5.97. The summed E-state index contributed by atoms with van der Waals surface area (Å²) in [5, 5.41) is 0. The van der Waals surface area contributed by atoms with Crippen molar-refractivity contribution < 1.29 is 9.53 Å². The number of nitrogens with zero attached hydrogens (tertiary/aromatic N) is 1. The van der Waals surface area contributed by atoms with Crippen LogP contribution in [-0.2, 0) is 11.2 Å². The molecule has 1 heterocycles. The summed E-state index contributed by atoms with van der Waals surface area (Å²) in [6, 6.07) is 16.2. The summed E-state index contributed by atoms with van der Waals surface area (Å²) in [7, 11) is 0. The number of aryl methyl sites for hydroxylation is 1. The molecule has 3 rings (SSSR count). The highest BCUT2D eigenvalue weighted by Gasteiger charge is 2.27. The van der Waals surface area contributed by atoms with Gasteiger partial charge in [-0.15, -0.1) is 0 Å². The Morgan fingerprint density at radius 2 is 1.75 bits per heavy atom. The average molecular weight is 323 g/mol. The van der Waals surface area contributed by atoms with Crippen molar-refractivity contribution in [1.29, 1.82) is 0 Å². The highest BCUT2D eigenvalue weighted by Crippen LogP contribution is 2.28. The van der Waals surface area contributed by atoms with Gasteiger partial charge in [-0.05, 0) is 55.0 Å². The molecule has 1 amide bonds. The van der Waals surface area contributed by atoms with E-state index >= 15 is 0 Å². The lowest BCUT2D eigenvalue weighted by Gasteiger charge is -2.31. The molecule has 0 bridgehead atoms. The molecule has 0 saturated carbocycles. The number of anilines is 1. The van der Waals surface area contributed by atoms with Crippen LogP contribution in [-0.4, -0.2) is 18.6 Å². The minimum absolute atomic E-state index is 0.0232. The third kappa shape index (κ3) is 3.45. The molecule has 2 aromatic carbocycles. The van der Waals surface area contributed by atoms with Crippen LogP contribution < -0.4 is 9.64 Å². The van der Waals surface area contributed by atoms with Crippen molar-refractivity contribution >= 4 is 11.6 Å². The topological polar surface area (TPSA) is 29.5 Å². The van der Waals surface area contributed by atoms with Gasteiger partial charge in [0.2, 0.25) is 0 Å². The van der Waals surface area contributed by atoms with Crippen molar-refractivity contribution in [3.8, 4) is 5.75 Å². The zero-order chi connectivity index (χ0) is 17.1. The van der Waals surface area contributed by atoms with E-state index in [0.717, 1.165) is 30.8 Å². The minimum Gasteiger partial charge on any atom is -0.481 e. The number of rotatable bonds is 4. The van der Waals surface area contributed by atoms with Crippen LogP contribution >= 0.6 is 0 Å². The molecule has 0 fully saturated rings. The predicted octanol–water partition coefficient (Wildman–Crippen LogP) is 4.56. The van der Waals surface area contributed by atoms with Crippen LogP contribution in [0.25, 0.3) is 0 Å². The third-order valence-electron chi connectivity index (χ3n) is 4.58. The molecule has 0 aromatic heterocycles. The molecule has 0 radical (unpaired) electrons. The van der Waals surface area contributed by atoms with Crippen molar-refractivity contribution in [3.63, 3.8) is 0 Å². The normalized spacial score (nSPS) is 15.1. The third-order valence-corrected chi connectivity index (χ3v) is 4.58. The SMILES string of the molecule is CC(C)c1ccc(O[C@@H](C)C(=O)N2CCCc3ccccc32)cc1. The predicted molar refractivity (Wildman–Crippen MR) is 97.7 cm³/mol. The van der Waals surface area contributed by atoms with Crippen molar-refractivity contribution in [1.82, 2.24) is 0 Å². The quantitative estimate of drug-likeness (QED) is 0.825. The molecule has 126 valence electrons. The van der Waals surface area contributed by atoms with Crippen LogP contribution in [0.3, 0.4) is 0 Å². The molecular formula is C21H25NO2. The van der Waals surface area contributed by atoms with Crippen LogP contribution in [0.4, 0.5) is 5.69 Å². The first-order chi connectivity index (χ1) is 11.6. The molecule has 2 aromatic rings. The fraction of sp³-hybridized carbons (Fsp3) is 0.381. The number of para-hydroxylation sites is 1. The van der Waals surface area contributed by atoms with E-state index < -0.39 is 6.10 Å². The van der Waals surface area contributed by atoms with Crippen LogP contribution in [0.2, 0.25) is 0 Å². The molecule has 0 aliphatic carbocycles. The largest absolute Gasteiger partial charge is 0.481 e. The molecule has 1 aliphatic rings. The number of hydrogen-bond acceptors (Lipinski definition) is 2. The summed E-state index contributed by atoms with van der Waals surface area (Å²) >= 11 is 0. The van der Waals surface area contributed by atoms with Gasteiger partial charge in [-0.3, -0.25) is 4.79 Å². The van der Waals surface area contributed by atoms with Gasteiger partial charge in [-0.1, -0.05) is 44.2 Å². The number of carbonyl (C=O) groups is 1. The molecule has 0 N–H and O–H groups in total. The Kier molecular flexibility index (Phi) is 4.89. The van der Waals surface area contributed by atoms with Gasteiger partial charge >= 0.3 is 0 Å². The van der Waals surface area contributed by atoms with Crippen LogP contribution in [0.1, 0.15) is 44.2 Å². The van der Waals surface area contributed by atoms with E-state index in [-0.39, 0.29) is 5.91 Å². The fourth-order valence-electron chi connectivity index (χ4n) is 3.17. The van der Waals surface area contributed by atoms with Crippen molar-refractivity contribution in [3.05, 3.63) is 59.7 Å². The average Bonchev–Trinajstić information content (AvgIpc) is 2.61. The Morgan fingerprint density at radius 3 is 2.46 bits per heavy atom. The second kappa shape index (κ2) is 7.08. The highest BCUT2D eigenvalue weighted by atomic mass is 16.5. The minimum atomic E-state index is -0.499. The molecule has 0 saturated heterocycles. The lowest BCUT2D eigenvalue weighted by molar-refractivity contribution is -0.124. The van der Waals surface area contributed by atoms with Gasteiger partial charge in [0.05, 0.1) is 0 Å². The maximum Gasteiger partial charge on any atom is 0.267 e. The van der Waals surface area contributed by atoms with Gasteiger partial charge in [0.1, 0.15) is 5.75 Å². The Morgan fingerprint density at radius 1 is 1.04 bits per heavy atom. The molecule has 24 heavy (non-hydrogen) atoms. The van der Waals surface area contributed by atoms with Crippen LogP contribution in [0, 0.1) is 0 Å². The number of hydrogen-bond donors (Lipinski definition) is 0. The number of ether oxygens (including phenoxy) is 1. The van der Waals surface area contributed by atoms with Crippen molar-refractivity contribution in [2.24, 2.45) is 0 Å². The number of benzene rings is 2. The molecule has 3 nitrogen and oxygen atoms in total. The first-order valence-electron chi connectivity index (χ1n) is 8.72. The monoisotopic (exact) mass is 323 g/mol. The van der Waals surface area contributed by atoms with Crippen LogP contribution in [0.15, 0.2) is 48.5 Å². The molecule has 1 aliphatic heterocycles. The lowest BCUT2D eigenvalue weighted by atomic mass is 10.0. The van der Waals surface area contributed by atoms with Crippen molar-refractivity contribution in [2.45, 2.75) is 45.6 Å². The zero-order valence-electron chi connectivity index (χ0n) is 14.7. The summed E-state index contributed by atoms with van der Waals surface area (Å²) < 4.78 is 5.89. The van der Waals surface area contributed by atoms with Gasteiger partial charge in [0, 0.05) is 12.2 Å². The smallest absolute Gasteiger partial charge is 0.267 e. The second-order valence-electron chi connectivity index (χ2n) is 6.71. The van der Waals surface area contributed by atoms with Gasteiger partial charge in [-0.2, -0.15) is 0 Å². The van der Waals surface area contributed by atoms with Gasteiger partial charge in [0.15, 0.2) is 6.10 Å². The Hall–Kier alpha value is -2.29. The second-order valence-corrected chi connectivity index (χ2v) is 6.71. The maximum absolute atomic E-state index is 12.8. The number of carbonyl (C=O) groups excluding carboxylic acids is 1. The van der Waals surface area contributed by atoms with Gasteiger partial charge < -0.3 is 9.64 Å². The molecule has 3 heteroatoms. The Balaban J connectivity index is 1.71. The van der Waals surface area contributed by atoms with Gasteiger partial charge in [-0.25, -0.2) is 0 Å².